The van der Waals surface area contributed by atoms with Gasteiger partial charge in [0.05, 0.1) is 37.8 Å². The summed E-state index contributed by atoms with van der Waals surface area (Å²) in [6.07, 6.45) is 3.17. The van der Waals surface area contributed by atoms with Gasteiger partial charge in [0, 0.05) is 0 Å². The molecule has 0 unspecified atom stereocenters. The van der Waals surface area contributed by atoms with Crippen LogP contribution in [0.15, 0.2) is 12.7 Å². The molecule has 0 aromatic carbocycles. The van der Waals surface area contributed by atoms with Gasteiger partial charge in [-0.3, -0.25) is 8.75 Å². The first-order chi connectivity index (χ1) is 13.3. The number of ether oxygens (including phenoxy) is 1. The number of nitrogen functional groups attached to an aromatic ring is 1. The Morgan fingerprint density at radius 1 is 1.24 bits per heavy atom. The quantitative estimate of drug-likeness (QED) is 0.503. The largest absolute Gasteiger partial charge is 0.414 e. The third kappa shape index (κ3) is 4.61. The van der Waals surface area contributed by atoms with Gasteiger partial charge in [0.25, 0.3) is 10.1 Å². The number of imidazole rings is 1. The Morgan fingerprint density at radius 3 is 2.55 bits per heavy atom. The molecule has 3 heterocycles. The molecule has 0 radical (unpaired) electrons. The van der Waals surface area contributed by atoms with Crippen molar-refractivity contribution in [3.8, 4) is 0 Å². The van der Waals surface area contributed by atoms with Crippen molar-refractivity contribution in [1.82, 2.24) is 19.5 Å². The third-order valence-electron chi connectivity index (χ3n) is 5.71. The Bertz CT molecular complexity index is 988. The van der Waals surface area contributed by atoms with Gasteiger partial charge < -0.3 is 14.9 Å². The van der Waals surface area contributed by atoms with Crippen LogP contribution in [-0.4, -0.2) is 61.8 Å². The lowest BCUT2D eigenvalue weighted by Crippen LogP contribution is -2.53. The lowest BCUT2D eigenvalue weighted by atomic mass is 9.95. The highest BCUT2D eigenvalue weighted by Crippen LogP contribution is 2.42. The number of hydrogen-bond donors (Lipinski definition) is 1. The van der Waals surface area contributed by atoms with Crippen LogP contribution in [0.4, 0.5) is 5.82 Å². The fourth-order valence-electron chi connectivity index (χ4n) is 2.86. The van der Waals surface area contributed by atoms with Crippen LogP contribution in [0.1, 0.15) is 27.0 Å². The summed E-state index contributed by atoms with van der Waals surface area (Å²) in [5.41, 5.74) is 6.85. The number of hydrogen-bond acceptors (Lipinski definition) is 9. The van der Waals surface area contributed by atoms with Crippen LogP contribution >= 0.6 is 0 Å². The molecule has 0 bridgehead atoms. The van der Waals surface area contributed by atoms with Crippen LogP contribution in [-0.2, 0) is 23.5 Å². The fourth-order valence-corrected chi connectivity index (χ4v) is 4.28. The topological polar surface area (TPSA) is 131 Å². The van der Waals surface area contributed by atoms with Gasteiger partial charge in [0.2, 0.25) is 0 Å². The number of anilines is 1. The van der Waals surface area contributed by atoms with E-state index in [1.54, 1.807) is 10.9 Å². The second-order valence-electron chi connectivity index (χ2n) is 8.87. The zero-order valence-electron chi connectivity index (χ0n) is 17.6. The van der Waals surface area contributed by atoms with Crippen LogP contribution < -0.4 is 5.73 Å². The molecule has 2 N–H and O–H groups in total. The maximum absolute atomic E-state index is 11.5. The Labute approximate surface area is 172 Å². The van der Waals surface area contributed by atoms with Crippen molar-refractivity contribution >= 4 is 35.4 Å². The first-order valence-electron chi connectivity index (χ1n) is 9.37. The van der Waals surface area contributed by atoms with E-state index in [0.29, 0.717) is 17.8 Å². The summed E-state index contributed by atoms with van der Waals surface area (Å²) in [6.45, 7) is 11.2. The van der Waals surface area contributed by atoms with Gasteiger partial charge in [0.15, 0.2) is 19.8 Å². The van der Waals surface area contributed by atoms with Gasteiger partial charge in [-0.05, 0) is 18.1 Å². The molecule has 1 saturated heterocycles. The zero-order chi connectivity index (χ0) is 21.6. The minimum absolute atomic E-state index is 0.0186. The second kappa shape index (κ2) is 7.58. The molecule has 162 valence electrons. The van der Waals surface area contributed by atoms with E-state index < -0.39 is 24.7 Å². The molecule has 1 aliphatic rings. The molecule has 2 aromatic rings. The number of fused-ring (bicyclic) bond motifs is 1. The highest BCUT2D eigenvalue weighted by Gasteiger charge is 2.47. The Balaban J connectivity index is 1.80. The monoisotopic (exact) mass is 443 g/mol. The Hall–Kier alpha value is -1.60. The minimum atomic E-state index is -3.59. The second-order valence-corrected chi connectivity index (χ2v) is 15.3. The fraction of sp³-hybridized carbons (Fsp3) is 0.706. The maximum atomic E-state index is 11.5. The average Bonchev–Trinajstić information content (AvgIpc) is 2.97. The summed E-state index contributed by atoms with van der Waals surface area (Å²) in [6, 6.07) is 0. The van der Waals surface area contributed by atoms with Crippen LogP contribution in [0.25, 0.3) is 11.2 Å². The molecular formula is C17H29N5O5SSi. The molecule has 1 aliphatic heterocycles. The minimum Gasteiger partial charge on any atom is -0.414 e. The third-order valence-corrected chi connectivity index (χ3v) is 10.8. The van der Waals surface area contributed by atoms with E-state index in [1.165, 1.54) is 6.33 Å². The summed E-state index contributed by atoms with van der Waals surface area (Å²) < 4.78 is 42.2. The van der Waals surface area contributed by atoms with Gasteiger partial charge in [-0.1, -0.05) is 20.8 Å². The molecule has 1 fully saturated rings. The number of aromatic nitrogens is 4. The van der Waals surface area contributed by atoms with Crippen LogP contribution in [0.3, 0.4) is 0 Å². The van der Waals surface area contributed by atoms with Gasteiger partial charge in [-0.2, -0.15) is 8.42 Å². The predicted molar refractivity (Wildman–Crippen MR) is 111 cm³/mol. The van der Waals surface area contributed by atoms with Gasteiger partial charge >= 0.3 is 0 Å². The smallest absolute Gasteiger partial charge is 0.264 e. The maximum Gasteiger partial charge on any atom is 0.264 e. The molecule has 0 saturated carbocycles. The van der Waals surface area contributed by atoms with Crippen LogP contribution in [0.2, 0.25) is 18.1 Å². The molecule has 3 rings (SSSR count). The van der Waals surface area contributed by atoms with E-state index in [0.717, 1.165) is 6.26 Å². The van der Waals surface area contributed by atoms with E-state index in [9.17, 15) is 8.42 Å². The molecule has 0 amide bonds. The lowest BCUT2D eigenvalue weighted by Gasteiger charge is -2.46. The molecule has 3 atom stereocenters. The molecule has 10 nitrogen and oxygen atoms in total. The molecular weight excluding hydrogens is 414 g/mol. The first kappa shape index (κ1) is 22.1. The van der Waals surface area contributed by atoms with E-state index in [-0.39, 0.29) is 29.5 Å². The normalized spacial score (nSPS) is 23.3. The van der Waals surface area contributed by atoms with Crippen molar-refractivity contribution in [2.45, 2.75) is 51.2 Å². The molecule has 2 aromatic heterocycles. The van der Waals surface area contributed by atoms with Crippen molar-refractivity contribution in [3.05, 3.63) is 12.7 Å². The number of nitrogens with two attached hydrogens (primary N) is 1. The Kier molecular flexibility index (Phi) is 5.77. The summed E-state index contributed by atoms with van der Waals surface area (Å²) in [5, 5.41) is 0.0594. The summed E-state index contributed by atoms with van der Waals surface area (Å²) in [5.74, 6) is 0.0258. The first-order valence-corrected chi connectivity index (χ1v) is 14.1. The summed E-state index contributed by atoms with van der Waals surface area (Å²) in [7, 11) is -5.56. The lowest BCUT2D eigenvalue weighted by molar-refractivity contribution is -0.239. The standard InChI is InChI=1S/C17H29N5O5SSi/c1-17(2,3)29(5,6)26-8-12-11(7-25-28(4,23)24)16(27-12)22-10-21-13-14(18)19-9-20-15(13)22/h9-12,16H,7-8H2,1-6H3,(H2,18,19,20)/t11-,12-,16-/m1/s1. The van der Waals surface area contributed by atoms with Gasteiger partial charge in [-0.15, -0.1) is 0 Å². The number of nitrogens with zero attached hydrogens (tertiary/aromatic N) is 4. The summed E-state index contributed by atoms with van der Waals surface area (Å²) >= 11 is 0. The van der Waals surface area contributed by atoms with Crippen molar-refractivity contribution in [2.24, 2.45) is 5.92 Å². The average molecular weight is 444 g/mol. The van der Waals surface area contributed by atoms with Gasteiger partial charge in [-0.25, -0.2) is 15.0 Å². The zero-order valence-corrected chi connectivity index (χ0v) is 19.4. The van der Waals surface area contributed by atoms with Crippen molar-refractivity contribution < 1.29 is 21.8 Å². The summed E-state index contributed by atoms with van der Waals surface area (Å²) in [4.78, 5) is 12.4. The van der Waals surface area contributed by atoms with Crippen LogP contribution in [0, 0.1) is 5.92 Å². The molecule has 12 heteroatoms. The molecule has 0 aliphatic carbocycles. The van der Waals surface area contributed by atoms with Crippen molar-refractivity contribution in [2.75, 3.05) is 25.2 Å². The van der Waals surface area contributed by atoms with Crippen molar-refractivity contribution in [3.63, 3.8) is 0 Å². The SMILES string of the molecule is CC(C)(C)[Si](C)(C)OC[C@H]1O[C@@H](n2cnc3c(N)ncnc32)[C@@H]1COS(C)(=O)=O. The molecule has 29 heavy (non-hydrogen) atoms. The van der Waals surface area contributed by atoms with Crippen LogP contribution in [0.5, 0.6) is 0 Å². The van der Waals surface area contributed by atoms with E-state index in [4.69, 9.17) is 19.1 Å². The van der Waals surface area contributed by atoms with Crippen molar-refractivity contribution in [1.29, 1.82) is 0 Å². The van der Waals surface area contributed by atoms with E-state index in [2.05, 4.69) is 48.8 Å². The van der Waals surface area contributed by atoms with Gasteiger partial charge in [0.1, 0.15) is 18.1 Å². The van der Waals surface area contributed by atoms with E-state index in [1.807, 2.05) is 0 Å². The highest BCUT2D eigenvalue weighted by atomic mass is 32.2. The highest BCUT2D eigenvalue weighted by molar-refractivity contribution is 7.85. The number of rotatable bonds is 7. The Morgan fingerprint density at radius 2 is 1.93 bits per heavy atom. The molecule has 0 spiro atoms. The predicted octanol–water partition coefficient (Wildman–Crippen LogP) is 1.92. The van der Waals surface area contributed by atoms with E-state index >= 15 is 0 Å².